The fraction of sp³-hybridized carbons (Fsp3) is 0.300. The number of aromatic nitrogens is 1. The normalized spacial score (nSPS) is 14.2. The number of carbonyl (C=O) groups excluding carboxylic acids is 2. The van der Waals surface area contributed by atoms with Crippen LogP contribution < -0.4 is 0 Å². The zero-order valence-electron chi connectivity index (χ0n) is 14.7. The molecule has 0 saturated carbocycles. The molecule has 6 nitrogen and oxygen atoms in total. The van der Waals surface area contributed by atoms with Crippen LogP contribution in [0.15, 0.2) is 42.7 Å². The fourth-order valence-electron chi connectivity index (χ4n) is 3.04. The third-order valence-corrected chi connectivity index (χ3v) is 4.58. The van der Waals surface area contributed by atoms with Crippen molar-refractivity contribution < 1.29 is 9.59 Å². The summed E-state index contributed by atoms with van der Waals surface area (Å²) in [6.07, 6.45) is 4.03. The SMILES string of the molecule is CCc1cnccc1C(=O)N1CCN(Cc2ccc(C#N)cc2)C(=O)C1. The van der Waals surface area contributed by atoms with Gasteiger partial charge in [-0.2, -0.15) is 5.26 Å². The Morgan fingerprint density at radius 2 is 2.00 bits per heavy atom. The van der Waals surface area contributed by atoms with Crippen LogP contribution in [0.25, 0.3) is 0 Å². The predicted octanol–water partition coefficient (Wildman–Crippen LogP) is 2.00. The number of aryl methyl sites for hydroxylation is 1. The molecule has 2 heterocycles. The number of benzene rings is 1. The average Bonchev–Trinajstić information content (AvgIpc) is 2.69. The number of piperazine rings is 1. The van der Waals surface area contributed by atoms with Crippen LogP contribution in [0.5, 0.6) is 0 Å². The molecule has 0 aliphatic carbocycles. The van der Waals surface area contributed by atoms with E-state index in [1.54, 1.807) is 40.4 Å². The lowest BCUT2D eigenvalue weighted by atomic mass is 10.1. The Morgan fingerprint density at radius 3 is 2.65 bits per heavy atom. The second-order valence-corrected chi connectivity index (χ2v) is 6.24. The van der Waals surface area contributed by atoms with E-state index >= 15 is 0 Å². The fourth-order valence-corrected chi connectivity index (χ4v) is 3.04. The Bertz CT molecular complexity index is 855. The van der Waals surface area contributed by atoms with Gasteiger partial charge in [0.1, 0.15) is 6.54 Å². The second-order valence-electron chi connectivity index (χ2n) is 6.24. The number of carbonyl (C=O) groups is 2. The molecule has 0 spiro atoms. The maximum absolute atomic E-state index is 12.8. The van der Waals surface area contributed by atoms with Gasteiger partial charge in [0.05, 0.1) is 11.6 Å². The van der Waals surface area contributed by atoms with Crippen LogP contribution in [0, 0.1) is 11.3 Å². The maximum atomic E-state index is 12.8. The van der Waals surface area contributed by atoms with E-state index in [2.05, 4.69) is 11.1 Å². The van der Waals surface area contributed by atoms with Crippen LogP contribution >= 0.6 is 0 Å². The molecule has 3 rings (SSSR count). The van der Waals surface area contributed by atoms with Crippen molar-refractivity contribution in [2.75, 3.05) is 19.6 Å². The summed E-state index contributed by atoms with van der Waals surface area (Å²) < 4.78 is 0. The quantitative estimate of drug-likeness (QED) is 0.847. The van der Waals surface area contributed by atoms with E-state index in [0.29, 0.717) is 30.8 Å². The molecule has 26 heavy (non-hydrogen) atoms. The summed E-state index contributed by atoms with van der Waals surface area (Å²) in [7, 11) is 0. The van der Waals surface area contributed by atoms with Crippen molar-refractivity contribution >= 4 is 11.8 Å². The predicted molar refractivity (Wildman–Crippen MR) is 96.1 cm³/mol. The highest BCUT2D eigenvalue weighted by atomic mass is 16.2. The number of hydrogen-bond donors (Lipinski definition) is 0. The highest BCUT2D eigenvalue weighted by molar-refractivity contribution is 5.98. The van der Waals surface area contributed by atoms with Crippen LogP contribution in [0.2, 0.25) is 0 Å². The number of nitriles is 1. The van der Waals surface area contributed by atoms with E-state index in [1.807, 2.05) is 19.1 Å². The second kappa shape index (κ2) is 7.79. The number of nitrogens with zero attached hydrogens (tertiary/aromatic N) is 4. The van der Waals surface area contributed by atoms with Gasteiger partial charge in [-0.15, -0.1) is 0 Å². The van der Waals surface area contributed by atoms with Gasteiger partial charge in [-0.05, 0) is 35.7 Å². The summed E-state index contributed by atoms with van der Waals surface area (Å²) in [6, 6.07) is 11.0. The minimum Gasteiger partial charge on any atom is -0.335 e. The van der Waals surface area contributed by atoms with Crippen LogP contribution in [-0.2, 0) is 17.8 Å². The minimum atomic E-state index is -0.115. The molecule has 1 aromatic heterocycles. The van der Waals surface area contributed by atoms with Gasteiger partial charge in [-0.1, -0.05) is 19.1 Å². The van der Waals surface area contributed by atoms with Gasteiger partial charge in [0.15, 0.2) is 0 Å². The van der Waals surface area contributed by atoms with Crippen molar-refractivity contribution in [3.63, 3.8) is 0 Å². The van der Waals surface area contributed by atoms with E-state index in [1.165, 1.54) is 0 Å². The summed E-state index contributed by atoms with van der Waals surface area (Å²) in [5, 5.41) is 8.85. The molecular weight excluding hydrogens is 328 g/mol. The summed E-state index contributed by atoms with van der Waals surface area (Å²) in [5.74, 6) is -0.184. The molecule has 1 aromatic carbocycles. The van der Waals surface area contributed by atoms with Crippen LogP contribution in [0.3, 0.4) is 0 Å². The molecule has 1 saturated heterocycles. The van der Waals surface area contributed by atoms with Crippen LogP contribution in [-0.4, -0.2) is 46.2 Å². The molecule has 1 aliphatic rings. The van der Waals surface area contributed by atoms with Crippen molar-refractivity contribution in [3.8, 4) is 6.07 Å². The topological polar surface area (TPSA) is 77.3 Å². The lowest BCUT2D eigenvalue weighted by Crippen LogP contribution is -2.51. The third kappa shape index (κ3) is 3.72. The first-order valence-corrected chi connectivity index (χ1v) is 8.61. The lowest BCUT2D eigenvalue weighted by molar-refractivity contribution is -0.135. The Labute approximate surface area is 152 Å². The van der Waals surface area contributed by atoms with Crippen molar-refractivity contribution in [1.29, 1.82) is 5.26 Å². The van der Waals surface area contributed by atoms with Gasteiger partial charge in [0.2, 0.25) is 5.91 Å². The Balaban J connectivity index is 1.65. The minimum absolute atomic E-state index is 0.0685. The molecule has 6 heteroatoms. The van der Waals surface area contributed by atoms with Crippen molar-refractivity contribution in [3.05, 3.63) is 65.0 Å². The first-order valence-electron chi connectivity index (χ1n) is 8.61. The number of rotatable bonds is 4. The first-order chi connectivity index (χ1) is 12.6. The molecule has 0 atom stereocenters. The monoisotopic (exact) mass is 348 g/mol. The van der Waals surface area contributed by atoms with Crippen LogP contribution in [0.4, 0.5) is 0 Å². The highest BCUT2D eigenvalue weighted by Gasteiger charge is 2.28. The summed E-state index contributed by atoms with van der Waals surface area (Å²) in [5.41, 5.74) is 3.08. The van der Waals surface area contributed by atoms with E-state index in [9.17, 15) is 9.59 Å². The number of pyridine rings is 1. The van der Waals surface area contributed by atoms with Crippen molar-refractivity contribution in [2.24, 2.45) is 0 Å². The Hall–Kier alpha value is -3.20. The van der Waals surface area contributed by atoms with Gasteiger partial charge in [-0.3, -0.25) is 14.6 Å². The zero-order valence-corrected chi connectivity index (χ0v) is 14.7. The zero-order chi connectivity index (χ0) is 18.5. The smallest absolute Gasteiger partial charge is 0.254 e. The van der Waals surface area contributed by atoms with Gasteiger partial charge < -0.3 is 9.80 Å². The van der Waals surface area contributed by atoms with Crippen molar-refractivity contribution in [2.45, 2.75) is 19.9 Å². The Morgan fingerprint density at radius 1 is 1.23 bits per heavy atom. The molecular formula is C20H20N4O2. The van der Waals surface area contributed by atoms with Gasteiger partial charge in [-0.25, -0.2) is 0 Å². The number of hydrogen-bond acceptors (Lipinski definition) is 4. The molecule has 1 fully saturated rings. The molecule has 0 bridgehead atoms. The summed E-state index contributed by atoms with van der Waals surface area (Å²) in [4.78, 5) is 32.7. The largest absolute Gasteiger partial charge is 0.335 e. The molecule has 0 radical (unpaired) electrons. The van der Waals surface area contributed by atoms with E-state index < -0.39 is 0 Å². The summed E-state index contributed by atoms with van der Waals surface area (Å²) >= 11 is 0. The van der Waals surface area contributed by atoms with E-state index in [-0.39, 0.29) is 18.4 Å². The van der Waals surface area contributed by atoms with Gasteiger partial charge in [0, 0.05) is 37.6 Å². The third-order valence-electron chi connectivity index (χ3n) is 4.58. The van der Waals surface area contributed by atoms with E-state index in [0.717, 1.165) is 17.5 Å². The molecule has 2 aromatic rings. The van der Waals surface area contributed by atoms with Crippen LogP contribution in [0.1, 0.15) is 34.0 Å². The summed E-state index contributed by atoms with van der Waals surface area (Å²) in [6.45, 7) is 3.56. The molecule has 0 unspecified atom stereocenters. The maximum Gasteiger partial charge on any atom is 0.254 e. The standard InChI is InChI=1S/C20H20N4O2/c1-2-17-12-22-8-7-18(17)20(26)24-10-9-23(19(25)14-24)13-16-5-3-15(11-21)4-6-16/h3-8,12H,2,9-10,13-14H2,1H3. The van der Waals surface area contributed by atoms with E-state index in [4.69, 9.17) is 5.26 Å². The lowest BCUT2D eigenvalue weighted by Gasteiger charge is -2.34. The molecule has 1 aliphatic heterocycles. The average molecular weight is 348 g/mol. The van der Waals surface area contributed by atoms with Gasteiger partial charge in [0.25, 0.3) is 5.91 Å². The highest BCUT2D eigenvalue weighted by Crippen LogP contribution is 2.15. The number of amides is 2. The molecule has 132 valence electrons. The Kier molecular flexibility index (Phi) is 5.28. The van der Waals surface area contributed by atoms with Gasteiger partial charge >= 0.3 is 0 Å². The van der Waals surface area contributed by atoms with Crippen molar-refractivity contribution in [1.82, 2.24) is 14.8 Å². The molecule has 0 N–H and O–H groups in total. The first kappa shape index (κ1) is 17.6. The molecule has 2 amide bonds.